The van der Waals surface area contributed by atoms with Crippen LogP contribution in [-0.2, 0) is 4.74 Å². The summed E-state index contributed by atoms with van der Waals surface area (Å²) in [6.45, 7) is 6.24. The second-order valence-electron chi connectivity index (χ2n) is 4.32. The largest absolute Gasteiger partial charge is 0.376 e. The van der Waals surface area contributed by atoms with E-state index in [4.69, 9.17) is 10.1 Å². The predicted molar refractivity (Wildman–Crippen MR) is 52.1 cm³/mol. The van der Waals surface area contributed by atoms with E-state index in [0.717, 1.165) is 38.2 Å². The van der Waals surface area contributed by atoms with Crippen molar-refractivity contribution in [1.82, 2.24) is 4.90 Å². The molecule has 0 radical (unpaired) electrons. The van der Waals surface area contributed by atoms with Gasteiger partial charge < -0.3 is 9.64 Å². The first-order valence-corrected chi connectivity index (χ1v) is 5.11. The third kappa shape index (κ3) is 1.26. The van der Waals surface area contributed by atoms with Crippen LogP contribution in [0.15, 0.2) is 0 Å². The Morgan fingerprint density at radius 1 is 1.62 bits per heavy atom. The summed E-state index contributed by atoms with van der Waals surface area (Å²) in [6, 6.07) is 0. The lowest BCUT2D eigenvalue weighted by molar-refractivity contribution is 0.0571. The van der Waals surface area contributed by atoms with Gasteiger partial charge in [-0.2, -0.15) is 0 Å². The average molecular weight is 182 g/mol. The van der Waals surface area contributed by atoms with Crippen LogP contribution in [0.2, 0.25) is 0 Å². The summed E-state index contributed by atoms with van der Waals surface area (Å²) >= 11 is 0. The van der Waals surface area contributed by atoms with Gasteiger partial charge in [-0.15, -0.1) is 0 Å². The van der Waals surface area contributed by atoms with Gasteiger partial charge in [0, 0.05) is 19.6 Å². The highest BCUT2D eigenvalue weighted by molar-refractivity contribution is 5.81. The number of hydrogen-bond acceptors (Lipinski definition) is 2. The predicted octanol–water partition coefficient (Wildman–Crippen LogP) is 1.63. The zero-order chi connectivity index (χ0) is 9.47. The van der Waals surface area contributed by atoms with E-state index < -0.39 is 0 Å². The molecule has 2 atom stereocenters. The molecule has 0 aromatic carbocycles. The van der Waals surface area contributed by atoms with Gasteiger partial charge in [0.05, 0.1) is 17.5 Å². The van der Waals surface area contributed by atoms with Crippen molar-refractivity contribution in [3.63, 3.8) is 0 Å². The highest BCUT2D eigenvalue weighted by atomic mass is 16.5. The second kappa shape index (κ2) is 2.98. The fourth-order valence-electron chi connectivity index (χ4n) is 2.42. The Kier molecular flexibility index (Phi) is 2.06. The van der Waals surface area contributed by atoms with Gasteiger partial charge in [0.2, 0.25) is 0 Å². The molecular formula is C10H18N2O. The second-order valence-corrected chi connectivity index (χ2v) is 4.32. The van der Waals surface area contributed by atoms with Gasteiger partial charge in [-0.25, -0.2) is 0 Å². The molecule has 0 spiro atoms. The highest BCUT2D eigenvalue weighted by Gasteiger charge is 2.44. The first-order valence-electron chi connectivity index (χ1n) is 5.11. The summed E-state index contributed by atoms with van der Waals surface area (Å²) in [4.78, 5) is 2.24. The molecule has 0 aromatic rings. The minimum absolute atomic E-state index is 0.0909. The van der Waals surface area contributed by atoms with E-state index in [1.54, 1.807) is 0 Å². The van der Waals surface area contributed by atoms with Crippen LogP contribution in [0, 0.1) is 5.41 Å². The average Bonchev–Trinajstić information content (AvgIpc) is 2.62. The lowest BCUT2D eigenvalue weighted by Crippen LogP contribution is -2.51. The summed E-state index contributed by atoms with van der Waals surface area (Å²) in [6.07, 6.45) is 3.42. The number of nitrogens with one attached hydrogen (secondary N) is 1. The third-order valence-corrected chi connectivity index (χ3v) is 3.59. The van der Waals surface area contributed by atoms with Gasteiger partial charge in [-0.1, -0.05) is 0 Å². The molecule has 2 heterocycles. The molecular weight excluding hydrogens is 164 g/mol. The van der Waals surface area contributed by atoms with Gasteiger partial charge in [0.25, 0.3) is 0 Å². The lowest BCUT2D eigenvalue weighted by atomic mass is 9.92. The topological polar surface area (TPSA) is 36.3 Å². The monoisotopic (exact) mass is 182 g/mol. The van der Waals surface area contributed by atoms with E-state index in [1.165, 1.54) is 0 Å². The van der Waals surface area contributed by atoms with Crippen molar-refractivity contribution in [2.75, 3.05) is 13.2 Å². The molecule has 2 aliphatic rings. The first kappa shape index (κ1) is 9.00. The maximum Gasteiger partial charge on any atom is 0.0963 e. The van der Waals surface area contributed by atoms with Crippen molar-refractivity contribution >= 4 is 5.84 Å². The van der Waals surface area contributed by atoms with Gasteiger partial charge in [0.15, 0.2) is 0 Å². The van der Waals surface area contributed by atoms with Crippen LogP contribution in [0.5, 0.6) is 0 Å². The van der Waals surface area contributed by atoms with Crippen LogP contribution in [-0.4, -0.2) is 35.5 Å². The fraction of sp³-hybridized carbons (Fsp3) is 0.900. The van der Waals surface area contributed by atoms with Gasteiger partial charge in [-0.05, 0) is 26.7 Å². The Morgan fingerprint density at radius 2 is 2.38 bits per heavy atom. The minimum atomic E-state index is 0.0909. The summed E-state index contributed by atoms with van der Waals surface area (Å²) < 4.78 is 5.59. The van der Waals surface area contributed by atoms with Gasteiger partial charge >= 0.3 is 0 Å². The van der Waals surface area contributed by atoms with Crippen molar-refractivity contribution in [2.24, 2.45) is 0 Å². The van der Waals surface area contributed by atoms with E-state index in [0.29, 0.717) is 0 Å². The molecule has 13 heavy (non-hydrogen) atoms. The molecule has 2 saturated heterocycles. The molecule has 0 saturated carbocycles. The molecule has 0 aliphatic carbocycles. The third-order valence-electron chi connectivity index (χ3n) is 3.59. The zero-order valence-electron chi connectivity index (χ0n) is 8.47. The molecule has 1 N–H and O–H groups in total. The van der Waals surface area contributed by atoms with Gasteiger partial charge in [-0.3, -0.25) is 5.41 Å². The molecule has 0 bridgehead atoms. The lowest BCUT2D eigenvalue weighted by Gasteiger charge is -2.39. The molecule has 2 fully saturated rings. The number of likely N-dealkylation sites (tertiary alicyclic amines) is 1. The van der Waals surface area contributed by atoms with E-state index >= 15 is 0 Å². The van der Waals surface area contributed by atoms with Crippen molar-refractivity contribution in [3.8, 4) is 0 Å². The summed E-state index contributed by atoms with van der Waals surface area (Å²) in [5.74, 6) is 0.805. The quantitative estimate of drug-likeness (QED) is 0.669. The number of rotatable bonds is 1. The van der Waals surface area contributed by atoms with E-state index in [9.17, 15) is 0 Å². The molecule has 3 heteroatoms. The van der Waals surface area contributed by atoms with Crippen molar-refractivity contribution in [3.05, 3.63) is 0 Å². The molecule has 3 nitrogen and oxygen atoms in total. The Balaban J connectivity index is 2.17. The number of nitrogens with zero attached hydrogens (tertiary/aromatic N) is 1. The molecule has 0 amide bonds. The van der Waals surface area contributed by atoms with E-state index in [2.05, 4.69) is 18.7 Å². The maximum atomic E-state index is 7.86. The molecule has 0 aromatic heterocycles. The summed E-state index contributed by atoms with van der Waals surface area (Å²) in [5.41, 5.74) is 0.0909. The van der Waals surface area contributed by atoms with Crippen LogP contribution < -0.4 is 0 Å². The summed E-state index contributed by atoms with van der Waals surface area (Å²) in [7, 11) is 0. The first-order chi connectivity index (χ1) is 6.14. The Morgan fingerprint density at radius 3 is 2.85 bits per heavy atom. The normalized spacial score (nSPS) is 40.3. The summed E-state index contributed by atoms with van der Waals surface area (Å²) in [5, 5.41) is 7.86. The van der Waals surface area contributed by atoms with Crippen LogP contribution in [0.1, 0.15) is 33.1 Å². The van der Waals surface area contributed by atoms with E-state index in [1.807, 2.05) is 0 Å². The van der Waals surface area contributed by atoms with Crippen LogP contribution >= 0.6 is 0 Å². The minimum Gasteiger partial charge on any atom is -0.376 e. The SMILES string of the molecule is CC1OCCC1(C)N1CCCC1=N. The van der Waals surface area contributed by atoms with Crippen LogP contribution in [0.3, 0.4) is 0 Å². The van der Waals surface area contributed by atoms with Crippen molar-refractivity contribution in [1.29, 1.82) is 5.41 Å². The zero-order valence-corrected chi connectivity index (χ0v) is 8.47. The van der Waals surface area contributed by atoms with Crippen LogP contribution in [0.4, 0.5) is 0 Å². The van der Waals surface area contributed by atoms with E-state index in [-0.39, 0.29) is 11.6 Å². The number of hydrogen-bond donors (Lipinski definition) is 1. The Labute approximate surface area is 79.6 Å². The van der Waals surface area contributed by atoms with Crippen molar-refractivity contribution < 1.29 is 4.74 Å². The standard InChI is InChI=1S/C10H18N2O/c1-8-10(2,5-7-13-8)12-6-3-4-9(12)11/h8,11H,3-7H2,1-2H3. The smallest absolute Gasteiger partial charge is 0.0963 e. The number of ether oxygens (including phenoxy) is 1. The van der Waals surface area contributed by atoms with Crippen LogP contribution in [0.25, 0.3) is 0 Å². The molecule has 2 unspecified atom stereocenters. The fourth-order valence-corrected chi connectivity index (χ4v) is 2.42. The van der Waals surface area contributed by atoms with Gasteiger partial charge in [0.1, 0.15) is 0 Å². The Hall–Kier alpha value is -0.570. The Bertz CT molecular complexity index is 229. The molecule has 2 rings (SSSR count). The van der Waals surface area contributed by atoms with Crippen molar-refractivity contribution in [2.45, 2.75) is 44.8 Å². The highest BCUT2D eigenvalue weighted by Crippen LogP contribution is 2.34. The number of amidine groups is 1. The maximum absolute atomic E-state index is 7.86. The molecule has 74 valence electrons. The molecule has 2 aliphatic heterocycles.